The molecule has 0 saturated heterocycles. The molecule has 0 aliphatic heterocycles. The average Bonchev–Trinajstić information content (AvgIpc) is 2.87. The van der Waals surface area contributed by atoms with Crippen molar-refractivity contribution in [2.45, 2.75) is 12.8 Å². The van der Waals surface area contributed by atoms with Crippen LogP contribution >= 0.6 is 22.6 Å². The van der Waals surface area contributed by atoms with Gasteiger partial charge in [-0.2, -0.15) is 0 Å². The van der Waals surface area contributed by atoms with Crippen LogP contribution in [0.25, 0.3) is 0 Å². The molecule has 0 unspecified atom stereocenters. The molecule has 0 radical (unpaired) electrons. The first-order chi connectivity index (χ1) is 6.27. The summed E-state index contributed by atoms with van der Waals surface area (Å²) in [5.74, 6) is 0.818. The van der Waals surface area contributed by atoms with Gasteiger partial charge in [0.25, 0.3) is 0 Å². The molecule has 1 fully saturated rings. The lowest BCUT2D eigenvalue weighted by Gasteiger charge is -2.07. The average molecular weight is 292 g/mol. The minimum atomic E-state index is -0.257. The van der Waals surface area contributed by atoms with Crippen molar-refractivity contribution >= 4 is 22.6 Å². The molecule has 0 aromatic heterocycles. The second-order valence-electron chi connectivity index (χ2n) is 3.31. The third-order valence-electron chi connectivity index (χ3n) is 2.08. The highest BCUT2D eigenvalue weighted by atomic mass is 127. The summed E-state index contributed by atoms with van der Waals surface area (Å²) in [7, 11) is 0. The van der Waals surface area contributed by atoms with Gasteiger partial charge in [-0.15, -0.1) is 0 Å². The maximum Gasteiger partial charge on any atom is 0.168 e. The lowest BCUT2D eigenvalue weighted by atomic mass is 10.3. The first-order valence-electron chi connectivity index (χ1n) is 4.34. The predicted molar refractivity (Wildman–Crippen MR) is 57.3 cm³/mol. The van der Waals surface area contributed by atoms with Crippen LogP contribution in [0, 0.1) is 15.3 Å². The van der Waals surface area contributed by atoms with Crippen molar-refractivity contribution < 1.29 is 9.13 Å². The van der Waals surface area contributed by atoms with Crippen molar-refractivity contribution in [3.8, 4) is 5.75 Å². The molecular weight excluding hydrogens is 282 g/mol. The number of hydrogen-bond donors (Lipinski definition) is 0. The molecule has 1 nitrogen and oxygen atoms in total. The first-order valence-corrected chi connectivity index (χ1v) is 5.42. The van der Waals surface area contributed by atoms with Gasteiger partial charge in [0.1, 0.15) is 0 Å². The summed E-state index contributed by atoms with van der Waals surface area (Å²) >= 11 is 2.09. The molecule has 3 heteroatoms. The number of halogens is 2. The summed E-state index contributed by atoms with van der Waals surface area (Å²) in [5.41, 5.74) is 0. The summed E-state index contributed by atoms with van der Waals surface area (Å²) in [4.78, 5) is 0. The van der Waals surface area contributed by atoms with Crippen LogP contribution < -0.4 is 4.74 Å². The Hall–Kier alpha value is -0.320. The van der Waals surface area contributed by atoms with Gasteiger partial charge in [0, 0.05) is 0 Å². The Labute approximate surface area is 90.4 Å². The van der Waals surface area contributed by atoms with Gasteiger partial charge in [-0.3, -0.25) is 0 Å². The fourth-order valence-electron chi connectivity index (χ4n) is 1.11. The molecule has 1 aliphatic rings. The molecule has 0 amide bonds. The summed E-state index contributed by atoms with van der Waals surface area (Å²) < 4.78 is 19.4. The number of benzene rings is 1. The maximum absolute atomic E-state index is 13.2. The lowest BCUT2D eigenvalue weighted by molar-refractivity contribution is 0.283. The first kappa shape index (κ1) is 9.24. The molecule has 1 aliphatic carbocycles. The van der Waals surface area contributed by atoms with E-state index >= 15 is 0 Å². The summed E-state index contributed by atoms with van der Waals surface area (Å²) in [6.45, 7) is 0.664. The fourth-order valence-corrected chi connectivity index (χ4v) is 1.73. The molecule has 0 spiro atoms. The van der Waals surface area contributed by atoms with Gasteiger partial charge in [-0.05, 0) is 53.5 Å². The van der Waals surface area contributed by atoms with E-state index in [-0.39, 0.29) is 5.82 Å². The zero-order valence-corrected chi connectivity index (χ0v) is 9.25. The minimum Gasteiger partial charge on any atom is -0.489 e. The zero-order chi connectivity index (χ0) is 9.26. The Bertz CT molecular complexity index is 290. The van der Waals surface area contributed by atoms with Crippen molar-refractivity contribution in [3.63, 3.8) is 0 Å². The SMILES string of the molecule is Fc1cccc(I)c1OCC1CC1. The van der Waals surface area contributed by atoms with Crippen molar-refractivity contribution in [1.29, 1.82) is 0 Å². The number of para-hydroxylation sites is 1. The van der Waals surface area contributed by atoms with Crippen LogP contribution in [-0.4, -0.2) is 6.61 Å². The highest BCUT2D eigenvalue weighted by molar-refractivity contribution is 14.1. The monoisotopic (exact) mass is 292 g/mol. The van der Waals surface area contributed by atoms with Gasteiger partial charge >= 0.3 is 0 Å². The molecule has 0 N–H and O–H groups in total. The van der Waals surface area contributed by atoms with E-state index in [1.54, 1.807) is 6.07 Å². The van der Waals surface area contributed by atoms with Gasteiger partial charge in [-0.25, -0.2) is 4.39 Å². The highest BCUT2D eigenvalue weighted by Gasteiger charge is 2.22. The molecule has 2 rings (SSSR count). The largest absolute Gasteiger partial charge is 0.489 e. The van der Waals surface area contributed by atoms with Crippen LogP contribution in [0.4, 0.5) is 4.39 Å². The van der Waals surface area contributed by atoms with E-state index in [2.05, 4.69) is 22.6 Å². The number of rotatable bonds is 3. The molecule has 13 heavy (non-hydrogen) atoms. The van der Waals surface area contributed by atoms with Crippen molar-refractivity contribution in [2.24, 2.45) is 5.92 Å². The van der Waals surface area contributed by atoms with Crippen LogP contribution in [0.15, 0.2) is 18.2 Å². The fraction of sp³-hybridized carbons (Fsp3) is 0.400. The normalized spacial score (nSPS) is 15.8. The van der Waals surface area contributed by atoms with Crippen molar-refractivity contribution in [3.05, 3.63) is 27.6 Å². The minimum absolute atomic E-state index is 0.257. The molecule has 0 bridgehead atoms. The molecular formula is C10H10FIO. The van der Waals surface area contributed by atoms with E-state index in [0.29, 0.717) is 18.3 Å². The summed E-state index contributed by atoms with van der Waals surface area (Å²) in [6, 6.07) is 4.98. The smallest absolute Gasteiger partial charge is 0.168 e. The highest BCUT2D eigenvalue weighted by Crippen LogP contribution is 2.31. The van der Waals surface area contributed by atoms with Crippen molar-refractivity contribution in [2.75, 3.05) is 6.61 Å². The second kappa shape index (κ2) is 3.82. The Kier molecular flexibility index (Phi) is 2.71. The molecule has 70 valence electrons. The van der Waals surface area contributed by atoms with Crippen LogP contribution in [0.2, 0.25) is 0 Å². The molecule has 1 aromatic rings. The number of hydrogen-bond acceptors (Lipinski definition) is 1. The summed E-state index contributed by atoms with van der Waals surface area (Å²) in [5, 5.41) is 0. The van der Waals surface area contributed by atoms with E-state index in [9.17, 15) is 4.39 Å². The van der Waals surface area contributed by atoms with Gasteiger partial charge in [0.2, 0.25) is 0 Å². The Morgan fingerprint density at radius 2 is 2.23 bits per heavy atom. The second-order valence-corrected chi connectivity index (χ2v) is 4.47. The van der Waals surface area contributed by atoms with Crippen LogP contribution in [-0.2, 0) is 0 Å². The van der Waals surface area contributed by atoms with Crippen LogP contribution in [0.1, 0.15) is 12.8 Å². The third-order valence-corrected chi connectivity index (χ3v) is 2.93. The molecule has 1 aromatic carbocycles. The standard InChI is InChI=1S/C10H10FIO/c11-8-2-1-3-9(12)10(8)13-6-7-4-5-7/h1-3,7H,4-6H2. The van der Waals surface area contributed by atoms with E-state index in [0.717, 1.165) is 3.57 Å². The Morgan fingerprint density at radius 1 is 1.46 bits per heavy atom. The number of ether oxygens (including phenoxy) is 1. The lowest BCUT2D eigenvalue weighted by Crippen LogP contribution is -2.02. The Balaban J connectivity index is 2.07. The van der Waals surface area contributed by atoms with E-state index < -0.39 is 0 Å². The van der Waals surface area contributed by atoms with E-state index in [1.165, 1.54) is 18.9 Å². The molecule has 0 heterocycles. The predicted octanol–water partition coefficient (Wildman–Crippen LogP) is 3.22. The van der Waals surface area contributed by atoms with Gasteiger partial charge in [-0.1, -0.05) is 6.07 Å². The van der Waals surface area contributed by atoms with Crippen LogP contribution in [0.5, 0.6) is 5.75 Å². The van der Waals surface area contributed by atoms with Gasteiger partial charge in [0.15, 0.2) is 11.6 Å². The molecule has 0 atom stereocenters. The van der Waals surface area contributed by atoms with Gasteiger partial charge in [0.05, 0.1) is 10.2 Å². The van der Waals surface area contributed by atoms with Crippen molar-refractivity contribution in [1.82, 2.24) is 0 Å². The van der Waals surface area contributed by atoms with Gasteiger partial charge < -0.3 is 4.74 Å². The molecule has 1 saturated carbocycles. The quantitative estimate of drug-likeness (QED) is 0.777. The van der Waals surface area contributed by atoms with E-state index in [1.807, 2.05) is 6.07 Å². The third kappa shape index (κ3) is 2.33. The van der Waals surface area contributed by atoms with E-state index in [4.69, 9.17) is 4.74 Å². The zero-order valence-electron chi connectivity index (χ0n) is 7.09. The summed E-state index contributed by atoms with van der Waals surface area (Å²) in [6.07, 6.45) is 2.45. The Morgan fingerprint density at radius 3 is 2.85 bits per heavy atom. The topological polar surface area (TPSA) is 9.23 Å². The van der Waals surface area contributed by atoms with Crippen LogP contribution in [0.3, 0.4) is 0 Å². The maximum atomic E-state index is 13.2.